The molecule has 0 bridgehead atoms. The Balaban J connectivity index is 1.70. The zero-order chi connectivity index (χ0) is 16.8. The van der Waals surface area contributed by atoms with Crippen LogP contribution in [0.15, 0.2) is 60.9 Å². The fraction of sp³-hybridized carbons (Fsp3) is 0.111. The molecule has 0 amide bonds. The van der Waals surface area contributed by atoms with Crippen molar-refractivity contribution in [3.63, 3.8) is 0 Å². The van der Waals surface area contributed by atoms with Crippen LogP contribution >= 0.6 is 0 Å². The molecule has 0 unspecified atom stereocenters. The largest absolute Gasteiger partial charge is 0.497 e. The lowest BCUT2D eigenvalue weighted by atomic mass is 10.2. The van der Waals surface area contributed by atoms with Crippen LogP contribution in [0.3, 0.4) is 0 Å². The van der Waals surface area contributed by atoms with Gasteiger partial charge in [-0.25, -0.2) is 4.98 Å². The lowest BCUT2D eigenvalue weighted by molar-refractivity contribution is 0.414. The maximum Gasteiger partial charge on any atom is 0.248 e. The summed E-state index contributed by atoms with van der Waals surface area (Å²) < 4.78 is 10.8. The van der Waals surface area contributed by atoms with Crippen LogP contribution in [-0.4, -0.2) is 17.1 Å². The van der Waals surface area contributed by atoms with Crippen LogP contribution in [0.4, 0.5) is 11.5 Å². The van der Waals surface area contributed by atoms with E-state index in [0.29, 0.717) is 29.7 Å². The second-order valence-electron chi connectivity index (χ2n) is 5.06. The van der Waals surface area contributed by atoms with E-state index >= 15 is 0 Å². The van der Waals surface area contributed by atoms with Gasteiger partial charge in [0.15, 0.2) is 5.82 Å². The Morgan fingerprint density at radius 1 is 0.958 bits per heavy atom. The van der Waals surface area contributed by atoms with Gasteiger partial charge < -0.3 is 20.5 Å². The van der Waals surface area contributed by atoms with Gasteiger partial charge in [0.2, 0.25) is 5.88 Å². The molecule has 2 aromatic carbocycles. The van der Waals surface area contributed by atoms with E-state index < -0.39 is 0 Å². The van der Waals surface area contributed by atoms with Gasteiger partial charge in [0.1, 0.15) is 23.5 Å². The Morgan fingerprint density at radius 2 is 1.71 bits per heavy atom. The monoisotopic (exact) mass is 322 g/mol. The van der Waals surface area contributed by atoms with Crippen LogP contribution in [0, 0.1) is 0 Å². The normalized spacial score (nSPS) is 10.2. The Bertz CT molecular complexity index is 792. The maximum absolute atomic E-state index is 6.11. The number of rotatable bonds is 6. The first-order chi connectivity index (χ1) is 11.8. The summed E-state index contributed by atoms with van der Waals surface area (Å²) in [4.78, 5) is 8.27. The summed E-state index contributed by atoms with van der Waals surface area (Å²) in [6.07, 6.45) is 1.42. The van der Waals surface area contributed by atoms with Crippen LogP contribution in [-0.2, 0) is 6.54 Å². The molecule has 0 fully saturated rings. The van der Waals surface area contributed by atoms with Crippen LogP contribution in [0.25, 0.3) is 0 Å². The Morgan fingerprint density at radius 3 is 2.42 bits per heavy atom. The third-order valence-corrected chi connectivity index (χ3v) is 3.42. The molecule has 122 valence electrons. The molecule has 1 aromatic heterocycles. The number of methoxy groups -OCH3 is 1. The van der Waals surface area contributed by atoms with Crippen molar-refractivity contribution in [1.29, 1.82) is 0 Å². The number of para-hydroxylation sites is 1. The smallest absolute Gasteiger partial charge is 0.248 e. The summed E-state index contributed by atoms with van der Waals surface area (Å²) in [5, 5.41) is 3.20. The lowest BCUT2D eigenvalue weighted by Gasteiger charge is -2.12. The van der Waals surface area contributed by atoms with Gasteiger partial charge >= 0.3 is 0 Å². The molecular weight excluding hydrogens is 304 g/mol. The first-order valence-corrected chi connectivity index (χ1v) is 7.46. The number of benzene rings is 2. The SMILES string of the molecule is COc1ccc(CNc2ncnc(Oc3ccccc3)c2N)cc1. The van der Waals surface area contributed by atoms with Gasteiger partial charge in [0.25, 0.3) is 0 Å². The van der Waals surface area contributed by atoms with E-state index in [1.54, 1.807) is 7.11 Å². The highest BCUT2D eigenvalue weighted by Crippen LogP contribution is 2.29. The predicted octanol–water partition coefficient (Wildman–Crippen LogP) is 3.47. The molecular formula is C18H18N4O2. The van der Waals surface area contributed by atoms with Gasteiger partial charge in [-0.2, -0.15) is 4.98 Å². The molecule has 3 rings (SSSR count). The summed E-state index contributed by atoms with van der Waals surface area (Å²) in [5.74, 6) is 2.35. The number of nitrogens with two attached hydrogens (primary N) is 1. The molecule has 0 radical (unpaired) electrons. The number of anilines is 2. The number of nitrogens with zero attached hydrogens (tertiary/aromatic N) is 2. The highest BCUT2D eigenvalue weighted by molar-refractivity contribution is 5.67. The second-order valence-corrected chi connectivity index (χ2v) is 5.06. The molecule has 1 heterocycles. The van der Waals surface area contributed by atoms with Crippen molar-refractivity contribution in [3.05, 3.63) is 66.5 Å². The van der Waals surface area contributed by atoms with Gasteiger partial charge in [0, 0.05) is 6.54 Å². The fourth-order valence-corrected chi connectivity index (χ4v) is 2.13. The van der Waals surface area contributed by atoms with E-state index in [0.717, 1.165) is 11.3 Å². The van der Waals surface area contributed by atoms with Crippen LogP contribution in [0.1, 0.15) is 5.56 Å². The summed E-state index contributed by atoms with van der Waals surface area (Å²) >= 11 is 0. The van der Waals surface area contributed by atoms with E-state index in [4.69, 9.17) is 15.2 Å². The summed E-state index contributed by atoms with van der Waals surface area (Å²) in [7, 11) is 1.64. The minimum atomic E-state index is 0.327. The third-order valence-electron chi connectivity index (χ3n) is 3.42. The summed E-state index contributed by atoms with van der Waals surface area (Å²) in [5.41, 5.74) is 7.56. The molecule has 3 aromatic rings. The Labute approximate surface area is 140 Å². The Hall–Kier alpha value is -3.28. The average Bonchev–Trinajstić information content (AvgIpc) is 2.64. The van der Waals surface area contributed by atoms with E-state index in [2.05, 4.69) is 15.3 Å². The van der Waals surface area contributed by atoms with Gasteiger partial charge in [-0.3, -0.25) is 0 Å². The number of ether oxygens (including phenoxy) is 2. The molecule has 0 aliphatic heterocycles. The summed E-state index contributed by atoms with van der Waals surface area (Å²) in [6, 6.07) is 17.1. The standard InChI is InChI=1S/C18H18N4O2/c1-23-14-9-7-13(8-10-14)11-20-17-16(19)18(22-12-21-17)24-15-5-3-2-4-6-15/h2-10,12H,11,19H2,1H3,(H,20,21,22). The first-order valence-electron chi connectivity index (χ1n) is 7.46. The van der Waals surface area contributed by atoms with E-state index in [-0.39, 0.29) is 0 Å². The van der Waals surface area contributed by atoms with Crippen molar-refractivity contribution in [2.75, 3.05) is 18.2 Å². The topological polar surface area (TPSA) is 82.3 Å². The minimum Gasteiger partial charge on any atom is -0.497 e. The van der Waals surface area contributed by atoms with Gasteiger partial charge in [-0.1, -0.05) is 30.3 Å². The molecule has 0 spiro atoms. The molecule has 6 nitrogen and oxygen atoms in total. The second kappa shape index (κ2) is 7.32. The molecule has 0 aliphatic rings. The molecule has 24 heavy (non-hydrogen) atoms. The van der Waals surface area contributed by atoms with E-state index in [9.17, 15) is 0 Å². The van der Waals surface area contributed by atoms with Gasteiger partial charge in [0.05, 0.1) is 7.11 Å². The summed E-state index contributed by atoms with van der Waals surface area (Å²) in [6.45, 7) is 0.579. The van der Waals surface area contributed by atoms with Crippen LogP contribution < -0.4 is 20.5 Å². The van der Waals surface area contributed by atoms with Crippen molar-refractivity contribution in [3.8, 4) is 17.4 Å². The van der Waals surface area contributed by atoms with E-state index in [1.807, 2.05) is 54.6 Å². The van der Waals surface area contributed by atoms with E-state index in [1.165, 1.54) is 6.33 Å². The van der Waals surface area contributed by atoms with Crippen molar-refractivity contribution >= 4 is 11.5 Å². The number of hydrogen-bond acceptors (Lipinski definition) is 6. The maximum atomic E-state index is 6.11. The van der Waals surface area contributed by atoms with Gasteiger partial charge in [-0.05, 0) is 29.8 Å². The van der Waals surface area contributed by atoms with Gasteiger partial charge in [-0.15, -0.1) is 0 Å². The van der Waals surface area contributed by atoms with Crippen molar-refractivity contribution in [2.24, 2.45) is 0 Å². The Kier molecular flexibility index (Phi) is 4.76. The highest BCUT2D eigenvalue weighted by Gasteiger charge is 2.10. The first kappa shape index (κ1) is 15.6. The third kappa shape index (κ3) is 3.73. The average molecular weight is 322 g/mol. The number of nitrogen functional groups attached to an aromatic ring is 1. The molecule has 0 saturated carbocycles. The lowest BCUT2D eigenvalue weighted by Crippen LogP contribution is -2.06. The van der Waals surface area contributed by atoms with Crippen LogP contribution in [0.5, 0.6) is 17.4 Å². The number of nitrogens with one attached hydrogen (secondary N) is 1. The quantitative estimate of drug-likeness (QED) is 0.723. The number of hydrogen-bond donors (Lipinski definition) is 2. The minimum absolute atomic E-state index is 0.327. The fourth-order valence-electron chi connectivity index (χ4n) is 2.13. The predicted molar refractivity (Wildman–Crippen MR) is 93.3 cm³/mol. The van der Waals surface area contributed by atoms with Crippen LogP contribution in [0.2, 0.25) is 0 Å². The zero-order valence-corrected chi connectivity index (χ0v) is 13.3. The number of aromatic nitrogens is 2. The molecule has 0 atom stereocenters. The van der Waals surface area contributed by atoms with Crippen molar-refractivity contribution in [2.45, 2.75) is 6.54 Å². The molecule has 6 heteroatoms. The zero-order valence-electron chi connectivity index (χ0n) is 13.3. The molecule has 0 aliphatic carbocycles. The van der Waals surface area contributed by atoms with Crippen molar-refractivity contribution in [1.82, 2.24) is 9.97 Å². The molecule has 0 saturated heterocycles. The molecule has 3 N–H and O–H groups in total. The van der Waals surface area contributed by atoms with Crippen molar-refractivity contribution < 1.29 is 9.47 Å². The highest BCUT2D eigenvalue weighted by atomic mass is 16.5.